The predicted molar refractivity (Wildman–Crippen MR) is 97.3 cm³/mol. The first-order valence-electron chi connectivity index (χ1n) is 8.28. The molecule has 1 atom stereocenters. The van der Waals surface area contributed by atoms with Crippen LogP contribution in [0.25, 0.3) is 10.8 Å². The Bertz CT molecular complexity index is 787. The summed E-state index contributed by atoms with van der Waals surface area (Å²) in [4.78, 5) is 4.61. The molecule has 2 heteroatoms. The highest BCUT2D eigenvalue weighted by molar-refractivity contribution is 5.85. The van der Waals surface area contributed by atoms with Gasteiger partial charge in [0.15, 0.2) is 0 Å². The standard InChI is InChI=1S/C21H24N2/c1-15(2)20(21-16(3)8-7-13-22-21)23-14-18-11-6-10-17-9-4-5-12-19(17)18/h4-13,15,20,23H,14H2,1-3H3. The third-order valence-electron chi connectivity index (χ3n) is 4.40. The van der Waals surface area contributed by atoms with E-state index < -0.39 is 0 Å². The molecule has 2 nitrogen and oxygen atoms in total. The van der Waals surface area contributed by atoms with Gasteiger partial charge in [-0.3, -0.25) is 4.98 Å². The molecule has 0 aliphatic heterocycles. The minimum Gasteiger partial charge on any atom is -0.304 e. The Morgan fingerprint density at radius 2 is 1.74 bits per heavy atom. The quantitative estimate of drug-likeness (QED) is 0.715. The number of hydrogen-bond donors (Lipinski definition) is 1. The van der Waals surface area contributed by atoms with Crippen LogP contribution in [0.4, 0.5) is 0 Å². The first kappa shape index (κ1) is 15.7. The van der Waals surface area contributed by atoms with Crippen LogP contribution in [-0.4, -0.2) is 4.98 Å². The van der Waals surface area contributed by atoms with E-state index in [0.717, 1.165) is 12.2 Å². The Kier molecular flexibility index (Phi) is 4.73. The molecule has 0 amide bonds. The van der Waals surface area contributed by atoms with Gasteiger partial charge >= 0.3 is 0 Å². The third kappa shape index (κ3) is 3.43. The zero-order valence-electron chi connectivity index (χ0n) is 14.1. The summed E-state index contributed by atoms with van der Waals surface area (Å²) < 4.78 is 0. The largest absolute Gasteiger partial charge is 0.304 e. The molecule has 0 fully saturated rings. The van der Waals surface area contributed by atoms with Crippen LogP contribution in [0.3, 0.4) is 0 Å². The van der Waals surface area contributed by atoms with Crippen LogP contribution in [0.1, 0.15) is 36.7 Å². The van der Waals surface area contributed by atoms with Gasteiger partial charge in [-0.05, 0) is 40.8 Å². The maximum Gasteiger partial charge on any atom is 0.0604 e. The van der Waals surface area contributed by atoms with Crippen molar-refractivity contribution in [3.8, 4) is 0 Å². The van der Waals surface area contributed by atoms with Gasteiger partial charge in [-0.25, -0.2) is 0 Å². The lowest BCUT2D eigenvalue weighted by Crippen LogP contribution is -2.27. The Morgan fingerprint density at radius 1 is 0.957 bits per heavy atom. The molecular weight excluding hydrogens is 280 g/mol. The van der Waals surface area contributed by atoms with Crippen LogP contribution in [0.2, 0.25) is 0 Å². The molecule has 23 heavy (non-hydrogen) atoms. The average molecular weight is 304 g/mol. The number of aromatic nitrogens is 1. The molecule has 118 valence electrons. The second-order valence-electron chi connectivity index (χ2n) is 6.45. The molecule has 0 aliphatic carbocycles. The molecule has 1 unspecified atom stereocenters. The summed E-state index contributed by atoms with van der Waals surface area (Å²) in [6.45, 7) is 7.47. The highest BCUT2D eigenvalue weighted by atomic mass is 14.9. The zero-order valence-corrected chi connectivity index (χ0v) is 14.1. The normalized spacial score (nSPS) is 12.7. The number of nitrogens with zero attached hydrogens (tertiary/aromatic N) is 1. The SMILES string of the molecule is Cc1cccnc1C(NCc1cccc2ccccc12)C(C)C. The highest BCUT2D eigenvalue weighted by Gasteiger charge is 2.18. The molecule has 1 heterocycles. The van der Waals surface area contributed by atoms with Crippen molar-refractivity contribution in [2.45, 2.75) is 33.4 Å². The van der Waals surface area contributed by atoms with Crippen LogP contribution in [0.5, 0.6) is 0 Å². The summed E-state index contributed by atoms with van der Waals surface area (Å²) >= 11 is 0. The first-order chi connectivity index (χ1) is 11.2. The Balaban J connectivity index is 1.86. The Labute approximate surface area is 138 Å². The maximum absolute atomic E-state index is 4.61. The fourth-order valence-corrected chi connectivity index (χ4v) is 3.14. The lowest BCUT2D eigenvalue weighted by molar-refractivity contribution is 0.401. The van der Waals surface area contributed by atoms with Gasteiger partial charge in [0.25, 0.3) is 0 Å². The summed E-state index contributed by atoms with van der Waals surface area (Å²) in [6, 6.07) is 19.5. The van der Waals surface area contributed by atoms with Gasteiger partial charge in [-0.2, -0.15) is 0 Å². The van der Waals surface area contributed by atoms with Crippen LogP contribution in [0.15, 0.2) is 60.8 Å². The summed E-state index contributed by atoms with van der Waals surface area (Å²) in [5.74, 6) is 0.485. The molecule has 0 aliphatic rings. The van der Waals surface area contributed by atoms with E-state index >= 15 is 0 Å². The number of hydrogen-bond acceptors (Lipinski definition) is 2. The molecule has 0 spiro atoms. The van der Waals surface area contributed by atoms with E-state index in [-0.39, 0.29) is 6.04 Å². The smallest absolute Gasteiger partial charge is 0.0604 e. The lowest BCUT2D eigenvalue weighted by Gasteiger charge is -2.24. The van der Waals surface area contributed by atoms with Gasteiger partial charge in [-0.15, -0.1) is 0 Å². The van der Waals surface area contributed by atoms with Crippen molar-refractivity contribution in [2.24, 2.45) is 5.92 Å². The number of benzene rings is 2. The second-order valence-corrected chi connectivity index (χ2v) is 6.45. The molecular formula is C21H24N2. The molecule has 0 radical (unpaired) electrons. The van der Waals surface area contributed by atoms with Gasteiger partial charge in [0.05, 0.1) is 11.7 Å². The summed E-state index contributed by atoms with van der Waals surface area (Å²) in [7, 11) is 0. The van der Waals surface area contributed by atoms with Crippen molar-refractivity contribution < 1.29 is 0 Å². The van der Waals surface area contributed by atoms with E-state index in [1.54, 1.807) is 0 Å². The summed E-state index contributed by atoms with van der Waals surface area (Å²) in [5.41, 5.74) is 3.74. The number of aryl methyl sites for hydroxylation is 1. The van der Waals surface area contributed by atoms with Gasteiger partial charge in [-0.1, -0.05) is 62.4 Å². The molecule has 1 N–H and O–H groups in total. The van der Waals surface area contributed by atoms with Gasteiger partial charge in [0, 0.05) is 12.7 Å². The van der Waals surface area contributed by atoms with E-state index in [9.17, 15) is 0 Å². The Morgan fingerprint density at radius 3 is 2.52 bits per heavy atom. The van der Waals surface area contributed by atoms with E-state index in [1.165, 1.54) is 21.9 Å². The molecule has 2 aromatic carbocycles. The number of rotatable bonds is 5. The fraction of sp³-hybridized carbons (Fsp3) is 0.286. The van der Waals surface area contributed by atoms with Crippen molar-refractivity contribution >= 4 is 10.8 Å². The number of nitrogens with one attached hydrogen (secondary N) is 1. The summed E-state index contributed by atoms with van der Waals surface area (Å²) in [5, 5.41) is 6.34. The second kappa shape index (κ2) is 6.93. The van der Waals surface area contributed by atoms with Crippen molar-refractivity contribution in [1.29, 1.82) is 0 Å². The number of fused-ring (bicyclic) bond motifs is 1. The minimum atomic E-state index is 0.259. The maximum atomic E-state index is 4.61. The lowest BCUT2D eigenvalue weighted by atomic mass is 9.96. The molecule has 1 aromatic heterocycles. The third-order valence-corrected chi connectivity index (χ3v) is 4.40. The molecule has 0 bridgehead atoms. The van der Waals surface area contributed by atoms with Crippen molar-refractivity contribution in [3.05, 3.63) is 77.6 Å². The molecule has 3 rings (SSSR count). The molecule has 0 saturated carbocycles. The number of pyridine rings is 1. The van der Waals surface area contributed by atoms with Crippen LogP contribution in [-0.2, 0) is 6.54 Å². The van der Waals surface area contributed by atoms with Crippen LogP contribution < -0.4 is 5.32 Å². The van der Waals surface area contributed by atoms with Crippen molar-refractivity contribution in [3.63, 3.8) is 0 Å². The molecule has 3 aromatic rings. The van der Waals surface area contributed by atoms with E-state index in [2.05, 4.69) is 79.6 Å². The first-order valence-corrected chi connectivity index (χ1v) is 8.28. The van der Waals surface area contributed by atoms with E-state index in [4.69, 9.17) is 0 Å². The minimum absolute atomic E-state index is 0.259. The zero-order chi connectivity index (χ0) is 16.2. The van der Waals surface area contributed by atoms with E-state index in [0.29, 0.717) is 5.92 Å². The van der Waals surface area contributed by atoms with Crippen molar-refractivity contribution in [2.75, 3.05) is 0 Å². The predicted octanol–water partition coefficient (Wildman–Crippen LogP) is 5.03. The van der Waals surface area contributed by atoms with Crippen molar-refractivity contribution in [1.82, 2.24) is 10.3 Å². The highest BCUT2D eigenvalue weighted by Crippen LogP contribution is 2.24. The molecule has 0 saturated heterocycles. The van der Waals surface area contributed by atoms with E-state index in [1.807, 2.05) is 12.3 Å². The average Bonchev–Trinajstić information content (AvgIpc) is 2.56. The monoisotopic (exact) mass is 304 g/mol. The summed E-state index contributed by atoms with van der Waals surface area (Å²) in [6.07, 6.45) is 1.89. The van der Waals surface area contributed by atoms with Crippen LogP contribution >= 0.6 is 0 Å². The fourth-order valence-electron chi connectivity index (χ4n) is 3.14. The van der Waals surface area contributed by atoms with Gasteiger partial charge in [0.2, 0.25) is 0 Å². The van der Waals surface area contributed by atoms with Crippen LogP contribution in [0, 0.1) is 12.8 Å². The van der Waals surface area contributed by atoms with Gasteiger partial charge in [0.1, 0.15) is 0 Å². The topological polar surface area (TPSA) is 24.9 Å². The Hall–Kier alpha value is -2.19. The van der Waals surface area contributed by atoms with Gasteiger partial charge < -0.3 is 5.32 Å².